The topological polar surface area (TPSA) is 70.2 Å². The minimum absolute atomic E-state index is 0.120. The number of nitrogens with zero attached hydrogens (tertiary/aromatic N) is 3. The third kappa shape index (κ3) is 2.81. The maximum absolute atomic E-state index is 14.2. The first-order chi connectivity index (χ1) is 11.5. The van der Waals surface area contributed by atoms with E-state index in [9.17, 15) is 19.8 Å². The lowest BCUT2D eigenvalue weighted by Gasteiger charge is -2.28. The molecule has 0 radical (unpaired) electrons. The van der Waals surface area contributed by atoms with Crippen molar-refractivity contribution in [2.75, 3.05) is 11.4 Å². The minimum Gasteiger partial charge on any atom is -0.363 e. The molecule has 0 spiro atoms. The van der Waals surface area contributed by atoms with Crippen molar-refractivity contribution >= 4 is 11.4 Å². The summed E-state index contributed by atoms with van der Waals surface area (Å²) in [5, 5.41) is 20.3. The zero-order chi connectivity index (χ0) is 17.3. The van der Waals surface area contributed by atoms with Crippen LogP contribution in [0.25, 0.3) is 0 Å². The minimum atomic E-state index is -0.522. The molecular formula is C18H16FN3O2. The molecule has 2 aromatic carbocycles. The van der Waals surface area contributed by atoms with Gasteiger partial charge in [0, 0.05) is 24.2 Å². The average Bonchev–Trinajstić information content (AvgIpc) is 2.96. The van der Waals surface area contributed by atoms with Crippen LogP contribution in [0.2, 0.25) is 0 Å². The van der Waals surface area contributed by atoms with Crippen molar-refractivity contribution in [1.82, 2.24) is 0 Å². The number of rotatable bonds is 3. The largest absolute Gasteiger partial charge is 0.363 e. The molecule has 2 atom stereocenters. The second kappa shape index (κ2) is 6.28. The SMILES string of the molecule is CC1CC(c2ccccc2F)N(c2ccc([N+](=O)[O-])cc2C#N)C1. The van der Waals surface area contributed by atoms with E-state index in [4.69, 9.17) is 0 Å². The molecule has 24 heavy (non-hydrogen) atoms. The highest BCUT2D eigenvalue weighted by Crippen LogP contribution is 2.41. The summed E-state index contributed by atoms with van der Waals surface area (Å²) in [7, 11) is 0. The van der Waals surface area contributed by atoms with Gasteiger partial charge in [-0.25, -0.2) is 4.39 Å². The van der Waals surface area contributed by atoms with Crippen LogP contribution in [0, 0.1) is 33.2 Å². The first-order valence-electron chi connectivity index (χ1n) is 7.71. The molecule has 5 nitrogen and oxygen atoms in total. The Morgan fingerprint density at radius 2 is 2.08 bits per heavy atom. The third-order valence-corrected chi connectivity index (χ3v) is 4.40. The Bertz CT molecular complexity index is 831. The normalized spacial score (nSPS) is 20.0. The van der Waals surface area contributed by atoms with Crippen LogP contribution in [-0.4, -0.2) is 11.5 Å². The van der Waals surface area contributed by atoms with Crippen molar-refractivity contribution in [1.29, 1.82) is 5.26 Å². The molecule has 0 saturated carbocycles. The predicted octanol–water partition coefficient (Wildman–Crippen LogP) is 4.19. The summed E-state index contributed by atoms with van der Waals surface area (Å²) >= 11 is 0. The Hall–Kier alpha value is -2.94. The van der Waals surface area contributed by atoms with Crippen molar-refractivity contribution < 1.29 is 9.31 Å². The zero-order valence-corrected chi connectivity index (χ0v) is 13.1. The van der Waals surface area contributed by atoms with Crippen LogP contribution in [0.4, 0.5) is 15.8 Å². The highest BCUT2D eigenvalue weighted by molar-refractivity contribution is 5.64. The molecule has 2 aromatic rings. The van der Waals surface area contributed by atoms with E-state index < -0.39 is 4.92 Å². The summed E-state index contributed by atoms with van der Waals surface area (Å²) in [6.07, 6.45) is 0.767. The second-order valence-electron chi connectivity index (χ2n) is 6.10. The van der Waals surface area contributed by atoms with Crippen LogP contribution in [0.15, 0.2) is 42.5 Å². The number of nitro benzene ring substituents is 1. The van der Waals surface area contributed by atoms with Crippen LogP contribution in [0.1, 0.15) is 30.5 Å². The van der Waals surface area contributed by atoms with Gasteiger partial charge in [0.05, 0.1) is 22.2 Å². The van der Waals surface area contributed by atoms with E-state index in [1.807, 2.05) is 11.0 Å². The summed E-state index contributed by atoms with van der Waals surface area (Å²) in [6, 6.07) is 12.7. The standard InChI is InChI=1S/C18H16FN3O2/c1-12-8-18(15-4-2-3-5-16(15)19)21(11-12)17-7-6-14(22(23)24)9-13(17)10-20/h2-7,9,12,18H,8,11H2,1H3. The number of anilines is 1. The van der Waals surface area contributed by atoms with E-state index >= 15 is 0 Å². The number of halogens is 1. The van der Waals surface area contributed by atoms with Crippen molar-refractivity contribution in [2.45, 2.75) is 19.4 Å². The highest BCUT2D eigenvalue weighted by atomic mass is 19.1. The summed E-state index contributed by atoms with van der Waals surface area (Å²) in [5.41, 5.74) is 1.31. The number of benzene rings is 2. The smallest absolute Gasteiger partial charge is 0.270 e. The number of hydrogen-bond donors (Lipinski definition) is 0. The van der Waals surface area contributed by atoms with Gasteiger partial charge in [-0.05, 0) is 24.5 Å². The van der Waals surface area contributed by atoms with E-state index in [0.29, 0.717) is 23.7 Å². The second-order valence-corrected chi connectivity index (χ2v) is 6.10. The van der Waals surface area contributed by atoms with E-state index in [2.05, 4.69) is 6.92 Å². The summed E-state index contributed by atoms with van der Waals surface area (Å²) in [6.45, 7) is 2.75. The van der Waals surface area contributed by atoms with Crippen LogP contribution in [-0.2, 0) is 0 Å². The van der Waals surface area contributed by atoms with Gasteiger partial charge in [-0.2, -0.15) is 5.26 Å². The molecule has 0 aromatic heterocycles. The number of non-ortho nitro benzene ring substituents is 1. The molecule has 3 rings (SSSR count). The summed E-state index contributed by atoms with van der Waals surface area (Å²) in [4.78, 5) is 12.4. The molecule has 122 valence electrons. The first-order valence-corrected chi connectivity index (χ1v) is 7.71. The van der Waals surface area contributed by atoms with Crippen molar-refractivity contribution in [3.05, 3.63) is 69.5 Å². The van der Waals surface area contributed by atoms with E-state index in [-0.39, 0.29) is 23.1 Å². The van der Waals surface area contributed by atoms with Crippen molar-refractivity contribution in [2.24, 2.45) is 5.92 Å². The molecule has 1 fully saturated rings. The lowest BCUT2D eigenvalue weighted by Crippen LogP contribution is -2.24. The zero-order valence-electron chi connectivity index (χ0n) is 13.1. The fourth-order valence-corrected chi connectivity index (χ4v) is 3.33. The van der Waals surface area contributed by atoms with Gasteiger partial charge in [-0.1, -0.05) is 25.1 Å². The number of hydrogen-bond acceptors (Lipinski definition) is 4. The van der Waals surface area contributed by atoms with Gasteiger partial charge in [0.2, 0.25) is 0 Å². The maximum Gasteiger partial charge on any atom is 0.270 e. The molecule has 1 heterocycles. The molecule has 0 amide bonds. The monoisotopic (exact) mass is 325 g/mol. The molecule has 1 saturated heterocycles. The molecule has 6 heteroatoms. The quantitative estimate of drug-likeness (QED) is 0.626. The van der Waals surface area contributed by atoms with Crippen molar-refractivity contribution in [3.63, 3.8) is 0 Å². The Kier molecular flexibility index (Phi) is 4.17. The molecule has 1 aliphatic heterocycles. The number of nitriles is 1. The van der Waals surface area contributed by atoms with E-state index in [0.717, 1.165) is 6.42 Å². The fraction of sp³-hybridized carbons (Fsp3) is 0.278. The Morgan fingerprint density at radius 1 is 1.33 bits per heavy atom. The average molecular weight is 325 g/mol. The van der Waals surface area contributed by atoms with Gasteiger partial charge in [0.25, 0.3) is 5.69 Å². The van der Waals surface area contributed by atoms with Crippen LogP contribution in [0.3, 0.4) is 0 Å². The van der Waals surface area contributed by atoms with Crippen LogP contribution in [0.5, 0.6) is 0 Å². The maximum atomic E-state index is 14.2. The molecule has 1 aliphatic rings. The fourth-order valence-electron chi connectivity index (χ4n) is 3.33. The Labute approximate surface area is 139 Å². The van der Waals surface area contributed by atoms with E-state index in [1.165, 1.54) is 18.2 Å². The van der Waals surface area contributed by atoms with Gasteiger partial charge < -0.3 is 4.90 Å². The molecule has 0 aliphatic carbocycles. The lowest BCUT2D eigenvalue weighted by atomic mass is 10.00. The van der Waals surface area contributed by atoms with Crippen molar-refractivity contribution in [3.8, 4) is 6.07 Å². The molecule has 0 N–H and O–H groups in total. The van der Waals surface area contributed by atoms with Gasteiger partial charge in [-0.3, -0.25) is 10.1 Å². The number of nitro groups is 1. The predicted molar refractivity (Wildman–Crippen MR) is 88.1 cm³/mol. The first kappa shape index (κ1) is 15.9. The summed E-state index contributed by atoms with van der Waals surface area (Å²) in [5.74, 6) is 0.0540. The van der Waals surface area contributed by atoms with E-state index in [1.54, 1.807) is 24.3 Å². The lowest BCUT2D eigenvalue weighted by molar-refractivity contribution is -0.384. The van der Waals surface area contributed by atoms with Gasteiger partial charge in [-0.15, -0.1) is 0 Å². The molecule has 2 unspecified atom stereocenters. The van der Waals surface area contributed by atoms with Gasteiger partial charge >= 0.3 is 0 Å². The summed E-state index contributed by atoms with van der Waals surface area (Å²) < 4.78 is 14.2. The third-order valence-electron chi connectivity index (χ3n) is 4.40. The highest BCUT2D eigenvalue weighted by Gasteiger charge is 2.34. The van der Waals surface area contributed by atoms with Crippen LogP contribution >= 0.6 is 0 Å². The molecule has 0 bridgehead atoms. The van der Waals surface area contributed by atoms with Gasteiger partial charge in [0.1, 0.15) is 11.9 Å². The van der Waals surface area contributed by atoms with Crippen LogP contribution < -0.4 is 4.90 Å². The Morgan fingerprint density at radius 3 is 2.75 bits per heavy atom. The van der Waals surface area contributed by atoms with Gasteiger partial charge in [0.15, 0.2) is 0 Å². The Balaban J connectivity index is 2.06. The molecular weight excluding hydrogens is 309 g/mol.